The van der Waals surface area contributed by atoms with Gasteiger partial charge >= 0.3 is 6.18 Å². The Hall–Kier alpha value is -3.13. The smallest absolute Gasteiger partial charge is 0.416 e. The molecule has 0 aliphatic carbocycles. The molecule has 2 aromatic rings. The lowest BCUT2D eigenvalue weighted by molar-refractivity contribution is -0.140. The van der Waals surface area contributed by atoms with Gasteiger partial charge in [0.2, 0.25) is 0 Å². The van der Waals surface area contributed by atoms with Crippen LogP contribution in [-0.2, 0) is 20.5 Å². The van der Waals surface area contributed by atoms with Gasteiger partial charge in [0.05, 0.1) is 23.9 Å². The molecule has 0 aromatic heterocycles. The molecule has 2 aliphatic rings. The van der Waals surface area contributed by atoms with Crippen molar-refractivity contribution in [3.8, 4) is 5.75 Å². The standard InChI is InChI=1S/C23H20F3NO4/c1-30-18-10-8-17(9-11-18)27-20(28)19(22(21(27)29)12-2-3-13-31-22)14-15-4-6-16(7-5-15)23(24,25)26/h4-11,14H,2-3,12-13H2,1H3/b19-14-. The van der Waals surface area contributed by atoms with Crippen molar-refractivity contribution < 1.29 is 32.2 Å². The van der Waals surface area contributed by atoms with Crippen LogP contribution in [0.5, 0.6) is 5.75 Å². The van der Waals surface area contributed by atoms with E-state index in [4.69, 9.17) is 9.47 Å². The van der Waals surface area contributed by atoms with Crippen molar-refractivity contribution in [2.75, 3.05) is 18.6 Å². The van der Waals surface area contributed by atoms with Crippen LogP contribution in [0.2, 0.25) is 0 Å². The molecule has 2 heterocycles. The van der Waals surface area contributed by atoms with Crippen LogP contribution in [0.15, 0.2) is 54.1 Å². The third-order valence-electron chi connectivity index (χ3n) is 5.57. The maximum Gasteiger partial charge on any atom is 0.416 e. The Bertz CT molecular complexity index is 1020. The highest BCUT2D eigenvalue weighted by Crippen LogP contribution is 2.43. The highest BCUT2D eigenvalue weighted by molar-refractivity contribution is 6.33. The lowest BCUT2D eigenvalue weighted by Crippen LogP contribution is -2.45. The molecule has 162 valence electrons. The van der Waals surface area contributed by atoms with Crippen molar-refractivity contribution in [1.29, 1.82) is 0 Å². The van der Waals surface area contributed by atoms with Crippen molar-refractivity contribution in [1.82, 2.24) is 0 Å². The van der Waals surface area contributed by atoms with Gasteiger partial charge in [0.25, 0.3) is 11.8 Å². The minimum atomic E-state index is -4.45. The first-order valence-corrected chi connectivity index (χ1v) is 9.82. The van der Waals surface area contributed by atoms with Gasteiger partial charge in [-0.3, -0.25) is 9.59 Å². The first-order valence-electron chi connectivity index (χ1n) is 9.82. The zero-order valence-electron chi connectivity index (χ0n) is 16.7. The van der Waals surface area contributed by atoms with Gasteiger partial charge in [-0.05, 0) is 67.3 Å². The molecule has 4 rings (SSSR count). The number of ether oxygens (including phenoxy) is 2. The maximum atomic E-state index is 13.4. The van der Waals surface area contributed by atoms with E-state index in [1.54, 1.807) is 24.3 Å². The molecule has 1 spiro atoms. The fraction of sp³-hybridized carbons (Fsp3) is 0.304. The zero-order chi connectivity index (χ0) is 22.2. The van der Waals surface area contributed by atoms with Crippen LogP contribution in [0.4, 0.5) is 18.9 Å². The summed E-state index contributed by atoms with van der Waals surface area (Å²) >= 11 is 0. The summed E-state index contributed by atoms with van der Waals surface area (Å²) in [5.74, 6) is -0.454. The van der Waals surface area contributed by atoms with Crippen molar-refractivity contribution in [3.05, 3.63) is 65.2 Å². The lowest BCUT2D eigenvalue weighted by Gasteiger charge is -2.32. The Morgan fingerprint density at radius 2 is 1.71 bits per heavy atom. The van der Waals surface area contributed by atoms with Gasteiger partial charge in [-0.25, -0.2) is 4.90 Å². The Morgan fingerprint density at radius 3 is 2.26 bits per heavy atom. The molecular weight excluding hydrogens is 411 g/mol. The average Bonchev–Trinajstić information content (AvgIpc) is 2.95. The minimum Gasteiger partial charge on any atom is -0.497 e. The second-order valence-electron chi connectivity index (χ2n) is 7.45. The number of methoxy groups -OCH3 is 1. The number of amides is 2. The van der Waals surface area contributed by atoms with E-state index in [1.807, 2.05) is 0 Å². The normalized spacial score (nSPS) is 23.1. The summed E-state index contributed by atoms with van der Waals surface area (Å²) < 4.78 is 49.6. The van der Waals surface area contributed by atoms with Gasteiger partial charge in [0, 0.05) is 6.61 Å². The molecule has 2 fully saturated rings. The number of nitrogens with zero attached hydrogens (tertiary/aromatic N) is 1. The first kappa shape index (κ1) is 21.1. The van der Waals surface area contributed by atoms with Crippen molar-refractivity contribution in [2.24, 2.45) is 0 Å². The van der Waals surface area contributed by atoms with Gasteiger partial charge in [-0.15, -0.1) is 0 Å². The summed E-state index contributed by atoms with van der Waals surface area (Å²) in [4.78, 5) is 27.8. The number of anilines is 1. The quantitative estimate of drug-likeness (QED) is 0.526. The Balaban J connectivity index is 1.76. The number of rotatable bonds is 3. The number of alkyl halides is 3. The summed E-state index contributed by atoms with van der Waals surface area (Å²) in [6, 6.07) is 10.9. The van der Waals surface area contributed by atoms with Crippen LogP contribution in [0.3, 0.4) is 0 Å². The number of carbonyl (C=O) groups excluding carboxylic acids is 2. The summed E-state index contributed by atoms with van der Waals surface area (Å²) in [6.07, 6.45) is -1.21. The predicted molar refractivity (Wildman–Crippen MR) is 107 cm³/mol. The fourth-order valence-corrected chi connectivity index (χ4v) is 3.94. The van der Waals surface area contributed by atoms with E-state index >= 15 is 0 Å². The van der Waals surface area contributed by atoms with Crippen LogP contribution in [-0.4, -0.2) is 31.1 Å². The number of benzene rings is 2. The Morgan fingerprint density at radius 1 is 1.03 bits per heavy atom. The van der Waals surface area contributed by atoms with Gasteiger partial charge in [0.15, 0.2) is 5.60 Å². The third kappa shape index (κ3) is 3.72. The number of carbonyl (C=O) groups is 2. The van der Waals surface area contributed by atoms with Crippen molar-refractivity contribution in [3.63, 3.8) is 0 Å². The van der Waals surface area contributed by atoms with Gasteiger partial charge < -0.3 is 9.47 Å². The zero-order valence-corrected chi connectivity index (χ0v) is 16.7. The summed E-state index contributed by atoms with van der Waals surface area (Å²) in [7, 11) is 1.51. The highest BCUT2D eigenvalue weighted by atomic mass is 19.4. The van der Waals surface area contributed by atoms with Crippen LogP contribution in [0.1, 0.15) is 30.4 Å². The number of hydrogen-bond acceptors (Lipinski definition) is 4. The fourth-order valence-electron chi connectivity index (χ4n) is 3.94. The lowest BCUT2D eigenvalue weighted by atomic mass is 9.86. The van der Waals surface area contributed by atoms with E-state index in [9.17, 15) is 22.8 Å². The van der Waals surface area contributed by atoms with Crippen molar-refractivity contribution >= 4 is 23.6 Å². The topological polar surface area (TPSA) is 55.8 Å². The molecule has 0 saturated carbocycles. The molecular formula is C23H20F3NO4. The van der Waals surface area contributed by atoms with E-state index in [2.05, 4.69) is 0 Å². The number of halogens is 3. The number of imide groups is 1. The predicted octanol–water partition coefficient (Wildman–Crippen LogP) is 4.61. The van der Waals surface area contributed by atoms with E-state index < -0.39 is 29.2 Å². The molecule has 2 aliphatic heterocycles. The Kier molecular flexibility index (Phi) is 5.35. The van der Waals surface area contributed by atoms with Gasteiger partial charge in [-0.1, -0.05) is 12.1 Å². The molecule has 2 aromatic carbocycles. The highest BCUT2D eigenvalue weighted by Gasteiger charge is 2.57. The van der Waals surface area contributed by atoms with E-state index in [0.29, 0.717) is 36.4 Å². The first-order chi connectivity index (χ1) is 14.8. The Labute approximate surface area is 177 Å². The van der Waals surface area contributed by atoms with Crippen LogP contribution >= 0.6 is 0 Å². The minimum absolute atomic E-state index is 0.132. The molecule has 0 N–H and O–H groups in total. The van der Waals surface area contributed by atoms with E-state index in [-0.39, 0.29) is 5.57 Å². The third-order valence-corrected chi connectivity index (χ3v) is 5.57. The summed E-state index contributed by atoms with van der Waals surface area (Å²) in [5.41, 5.74) is -1.33. The van der Waals surface area contributed by atoms with Crippen molar-refractivity contribution in [2.45, 2.75) is 31.0 Å². The van der Waals surface area contributed by atoms with Gasteiger partial charge in [-0.2, -0.15) is 13.2 Å². The van der Waals surface area contributed by atoms with E-state index in [0.717, 1.165) is 23.5 Å². The monoisotopic (exact) mass is 431 g/mol. The van der Waals surface area contributed by atoms with Crippen LogP contribution in [0.25, 0.3) is 6.08 Å². The molecule has 0 bridgehead atoms. The molecule has 2 amide bonds. The summed E-state index contributed by atoms with van der Waals surface area (Å²) in [6.45, 7) is 0.319. The molecule has 31 heavy (non-hydrogen) atoms. The molecule has 1 unspecified atom stereocenters. The largest absolute Gasteiger partial charge is 0.497 e. The molecule has 8 heteroatoms. The number of hydrogen-bond donors (Lipinski definition) is 0. The summed E-state index contributed by atoms with van der Waals surface area (Å²) in [5, 5.41) is 0. The SMILES string of the molecule is COc1ccc(N2C(=O)/C(=C/c3ccc(C(F)(F)F)cc3)C3(CCCCO3)C2=O)cc1. The van der Waals surface area contributed by atoms with E-state index in [1.165, 1.54) is 25.3 Å². The maximum absolute atomic E-state index is 13.4. The second-order valence-corrected chi connectivity index (χ2v) is 7.45. The molecule has 1 atom stereocenters. The molecule has 2 saturated heterocycles. The second kappa shape index (κ2) is 7.85. The van der Waals surface area contributed by atoms with Gasteiger partial charge in [0.1, 0.15) is 5.75 Å². The molecule has 5 nitrogen and oxygen atoms in total. The average molecular weight is 431 g/mol. The molecule has 0 radical (unpaired) electrons. The van der Waals surface area contributed by atoms with Crippen LogP contribution in [0, 0.1) is 0 Å². The van der Waals surface area contributed by atoms with Crippen LogP contribution < -0.4 is 9.64 Å².